The first kappa shape index (κ1) is 16.3. The summed E-state index contributed by atoms with van der Waals surface area (Å²) in [5.41, 5.74) is 0.103. The summed E-state index contributed by atoms with van der Waals surface area (Å²) >= 11 is 0. The van der Waals surface area contributed by atoms with Crippen molar-refractivity contribution in [2.75, 3.05) is 19.7 Å². The first-order valence-electron chi connectivity index (χ1n) is 7.56. The lowest BCUT2D eigenvalue weighted by Crippen LogP contribution is -2.34. The third kappa shape index (κ3) is 4.46. The van der Waals surface area contributed by atoms with Crippen molar-refractivity contribution in [1.29, 1.82) is 0 Å². The lowest BCUT2D eigenvalue weighted by atomic mass is 9.79. The molecule has 0 aromatic heterocycles. The molecule has 21 heavy (non-hydrogen) atoms. The van der Waals surface area contributed by atoms with E-state index in [1.54, 1.807) is 0 Å². The molecule has 3 unspecified atom stereocenters. The largest absolute Gasteiger partial charge is 0.396 e. The minimum absolute atomic E-state index is 0.103. The Labute approximate surface area is 124 Å². The van der Waals surface area contributed by atoms with Crippen LogP contribution in [0.3, 0.4) is 0 Å². The van der Waals surface area contributed by atoms with Gasteiger partial charge in [0.15, 0.2) is 0 Å². The van der Waals surface area contributed by atoms with Gasteiger partial charge in [-0.1, -0.05) is 18.9 Å². The van der Waals surface area contributed by atoms with Crippen LogP contribution in [0.15, 0.2) is 18.2 Å². The van der Waals surface area contributed by atoms with Crippen molar-refractivity contribution in [3.8, 4) is 0 Å². The number of rotatable bonds is 6. The lowest BCUT2D eigenvalue weighted by molar-refractivity contribution is 0.124. The molecule has 1 aliphatic rings. The van der Waals surface area contributed by atoms with Gasteiger partial charge in [0.2, 0.25) is 0 Å². The molecule has 1 aromatic rings. The van der Waals surface area contributed by atoms with Crippen molar-refractivity contribution in [3.05, 3.63) is 35.4 Å². The number of hydrogen-bond donors (Lipinski definition) is 3. The molecule has 3 nitrogen and oxygen atoms in total. The quantitative estimate of drug-likeness (QED) is 0.756. The molecule has 0 heterocycles. The van der Waals surface area contributed by atoms with Gasteiger partial charge in [-0.2, -0.15) is 0 Å². The van der Waals surface area contributed by atoms with E-state index in [9.17, 15) is 19.0 Å². The van der Waals surface area contributed by atoms with Crippen LogP contribution in [0.1, 0.15) is 37.4 Å². The molecular weight excluding hydrogens is 276 g/mol. The van der Waals surface area contributed by atoms with Crippen molar-refractivity contribution >= 4 is 0 Å². The van der Waals surface area contributed by atoms with Crippen LogP contribution in [0.2, 0.25) is 0 Å². The molecule has 1 saturated carbocycles. The molecule has 1 aliphatic carbocycles. The van der Waals surface area contributed by atoms with Gasteiger partial charge >= 0.3 is 0 Å². The van der Waals surface area contributed by atoms with Gasteiger partial charge in [-0.15, -0.1) is 0 Å². The fraction of sp³-hybridized carbons (Fsp3) is 0.625. The molecule has 3 atom stereocenters. The summed E-state index contributed by atoms with van der Waals surface area (Å²) in [7, 11) is 0. The van der Waals surface area contributed by atoms with Gasteiger partial charge in [0, 0.05) is 24.8 Å². The summed E-state index contributed by atoms with van der Waals surface area (Å²) in [5.74, 6) is -0.667. The number of nitrogens with one attached hydrogen (secondary N) is 1. The molecule has 0 aliphatic heterocycles. The van der Waals surface area contributed by atoms with Crippen LogP contribution in [0.5, 0.6) is 0 Å². The predicted molar refractivity (Wildman–Crippen MR) is 76.7 cm³/mol. The van der Waals surface area contributed by atoms with E-state index in [4.69, 9.17) is 0 Å². The van der Waals surface area contributed by atoms with E-state index in [0.29, 0.717) is 18.4 Å². The molecule has 1 fully saturated rings. The Hall–Kier alpha value is -1.04. The fourth-order valence-corrected chi connectivity index (χ4v) is 3.08. The third-order valence-corrected chi connectivity index (χ3v) is 4.37. The summed E-state index contributed by atoms with van der Waals surface area (Å²) in [6.45, 7) is 1.11. The molecule has 3 N–H and O–H groups in total. The van der Waals surface area contributed by atoms with Gasteiger partial charge in [0.1, 0.15) is 11.6 Å². The van der Waals surface area contributed by atoms with Crippen molar-refractivity contribution in [1.82, 2.24) is 5.32 Å². The third-order valence-electron chi connectivity index (χ3n) is 4.37. The Morgan fingerprint density at radius 2 is 1.90 bits per heavy atom. The Kier molecular flexibility index (Phi) is 6.08. The van der Waals surface area contributed by atoms with Crippen molar-refractivity contribution in [2.45, 2.75) is 31.8 Å². The summed E-state index contributed by atoms with van der Waals surface area (Å²) in [6.07, 6.45) is 3.43. The maximum atomic E-state index is 13.5. The molecule has 0 saturated heterocycles. The van der Waals surface area contributed by atoms with Crippen LogP contribution < -0.4 is 5.32 Å². The maximum absolute atomic E-state index is 13.5. The zero-order chi connectivity index (χ0) is 15.2. The zero-order valence-corrected chi connectivity index (χ0v) is 12.1. The average Bonchev–Trinajstić information content (AvgIpc) is 2.47. The summed E-state index contributed by atoms with van der Waals surface area (Å²) in [4.78, 5) is 0. The Balaban J connectivity index is 1.82. The molecular formula is C16H23F2NO2. The number of aliphatic hydroxyl groups excluding tert-OH is 2. The molecule has 0 bridgehead atoms. The highest BCUT2D eigenvalue weighted by molar-refractivity contribution is 5.21. The van der Waals surface area contributed by atoms with Gasteiger partial charge in [-0.05, 0) is 37.3 Å². The topological polar surface area (TPSA) is 52.5 Å². The highest BCUT2D eigenvalue weighted by atomic mass is 19.1. The molecule has 1 aromatic carbocycles. The van der Waals surface area contributed by atoms with E-state index >= 15 is 0 Å². The van der Waals surface area contributed by atoms with Gasteiger partial charge in [-0.3, -0.25) is 0 Å². The van der Waals surface area contributed by atoms with Crippen LogP contribution in [0, 0.1) is 23.5 Å². The molecule has 0 radical (unpaired) electrons. The highest BCUT2D eigenvalue weighted by Crippen LogP contribution is 2.29. The second kappa shape index (κ2) is 7.82. The van der Waals surface area contributed by atoms with E-state index in [1.165, 1.54) is 6.07 Å². The van der Waals surface area contributed by atoms with Gasteiger partial charge in [-0.25, -0.2) is 8.78 Å². The van der Waals surface area contributed by atoms with E-state index in [2.05, 4.69) is 5.32 Å². The zero-order valence-electron chi connectivity index (χ0n) is 12.1. The Bertz CT molecular complexity index is 456. The number of hydrogen-bond acceptors (Lipinski definition) is 3. The smallest absolute Gasteiger partial charge is 0.131 e. The molecule has 0 spiro atoms. The summed E-state index contributed by atoms with van der Waals surface area (Å²) in [5, 5.41) is 22.5. The maximum Gasteiger partial charge on any atom is 0.131 e. The van der Waals surface area contributed by atoms with Crippen molar-refractivity contribution in [3.63, 3.8) is 0 Å². The predicted octanol–water partition coefficient (Wildman–Crippen LogP) is 2.39. The van der Waals surface area contributed by atoms with E-state index in [-0.39, 0.29) is 18.7 Å². The van der Waals surface area contributed by atoms with Crippen LogP contribution in [0.4, 0.5) is 8.78 Å². The number of halogens is 2. The van der Waals surface area contributed by atoms with Crippen LogP contribution in [-0.2, 0) is 0 Å². The molecule has 0 amide bonds. The molecule has 2 rings (SSSR count). The summed E-state index contributed by atoms with van der Waals surface area (Å²) < 4.78 is 26.4. The van der Waals surface area contributed by atoms with E-state index in [0.717, 1.165) is 37.8 Å². The summed E-state index contributed by atoms with van der Waals surface area (Å²) in [6, 6.07) is 3.19. The average molecular weight is 299 g/mol. The van der Waals surface area contributed by atoms with Crippen LogP contribution >= 0.6 is 0 Å². The van der Waals surface area contributed by atoms with Gasteiger partial charge < -0.3 is 15.5 Å². The van der Waals surface area contributed by atoms with Crippen LogP contribution in [-0.4, -0.2) is 29.9 Å². The monoisotopic (exact) mass is 299 g/mol. The van der Waals surface area contributed by atoms with Crippen molar-refractivity contribution in [2.24, 2.45) is 11.8 Å². The minimum atomic E-state index is -0.998. The molecule has 118 valence electrons. The number of aliphatic hydroxyl groups is 2. The normalized spacial score (nSPS) is 24.0. The highest BCUT2D eigenvalue weighted by Gasteiger charge is 2.24. The Morgan fingerprint density at radius 1 is 1.19 bits per heavy atom. The number of benzene rings is 1. The van der Waals surface area contributed by atoms with E-state index < -0.39 is 17.7 Å². The van der Waals surface area contributed by atoms with E-state index in [1.807, 2.05) is 0 Å². The SMILES string of the molecule is OCC1CCCCC1CNCC(O)c1ccc(F)cc1F. The van der Waals surface area contributed by atoms with Gasteiger partial charge in [0.05, 0.1) is 6.10 Å². The lowest BCUT2D eigenvalue weighted by Gasteiger charge is -2.30. The van der Waals surface area contributed by atoms with Crippen LogP contribution in [0.25, 0.3) is 0 Å². The van der Waals surface area contributed by atoms with Gasteiger partial charge in [0.25, 0.3) is 0 Å². The Morgan fingerprint density at radius 3 is 2.57 bits per heavy atom. The second-order valence-electron chi connectivity index (χ2n) is 5.83. The first-order chi connectivity index (χ1) is 10.1. The second-order valence-corrected chi connectivity index (χ2v) is 5.83. The standard InChI is InChI=1S/C16H23F2NO2/c17-13-5-6-14(15(18)7-13)16(21)9-19-8-11-3-1-2-4-12(11)10-20/h5-7,11-12,16,19-21H,1-4,8-10H2. The van der Waals surface area contributed by atoms with Crippen molar-refractivity contribution < 1.29 is 19.0 Å². The fourth-order valence-electron chi connectivity index (χ4n) is 3.08. The molecule has 5 heteroatoms. The first-order valence-corrected chi connectivity index (χ1v) is 7.56. The minimum Gasteiger partial charge on any atom is -0.396 e.